The van der Waals surface area contributed by atoms with Crippen LogP contribution in [0.1, 0.15) is 37.2 Å². The normalized spacial score (nSPS) is 19.9. The molecule has 2 aromatic heterocycles. The Balaban J connectivity index is 1.67. The summed E-state index contributed by atoms with van der Waals surface area (Å²) >= 11 is 0. The Kier molecular flexibility index (Phi) is 4.13. The summed E-state index contributed by atoms with van der Waals surface area (Å²) < 4.78 is 1.75. The van der Waals surface area contributed by atoms with Gasteiger partial charge >= 0.3 is 0 Å². The summed E-state index contributed by atoms with van der Waals surface area (Å²) in [7, 11) is 0. The van der Waals surface area contributed by atoms with Gasteiger partial charge in [0.2, 0.25) is 0 Å². The first-order valence-electron chi connectivity index (χ1n) is 9.84. The van der Waals surface area contributed by atoms with Crippen molar-refractivity contribution in [2.24, 2.45) is 5.73 Å². The van der Waals surface area contributed by atoms with Gasteiger partial charge in [-0.3, -0.25) is 0 Å². The standard InChI is InChI=1S/C22H24N6/c23-16-10-8-15(9-11-16)19-20(22-25-12-13-28(22)27-21(19)24)26-18-7-3-5-14-4-1-2-6-17(14)18/h1-7,12-13,15-16,26H,8-11,23H2,(H2,24,27). The van der Waals surface area contributed by atoms with Gasteiger partial charge in [0.25, 0.3) is 0 Å². The quantitative estimate of drug-likeness (QED) is 0.501. The lowest BCUT2D eigenvalue weighted by Gasteiger charge is -2.29. The molecule has 0 bridgehead atoms. The van der Waals surface area contributed by atoms with Crippen LogP contribution in [0.15, 0.2) is 54.9 Å². The van der Waals surface area contributed by atoms with E-state index in [4.69, 9.17) is 11.5 Å². The van der Waals surface area contributed by atoms with Gasteiger partial charge in [0.05, 0.1) is 5.69 Å². The maximum Gasteiger partial charge on any atom is 0.177 e. The SMILES string of the molecule is Nc1nn2ccnc2c(Nc2cccc3ccccc23)c1C1CCC(N)CC1. The average molecular weight is 372 g/mol. The van der Waals surface area contributed by atoms with Crippen LogP contribution in [0.3, 0.4) is 0 Å². The van der Waals surface area contributed by atoms with Crippen molar-refractivity contribution in [2.45, 2.75) is 37.6 Å². The van der Waals surface area contributed by atoms with E-state index < -0.39 is 0 Å². The van der Waals surface area contributed by atoms with Gasteiger partial charge in [-0.05, 0) is 43.1 Å². The predicted octanol–water partition coefficient (Wildman–Crippen LogP) is 4.19. The fourth-order valence-corrected chi connectivity index (χ4v) is 4.39. The molecule has 0 spiro atoms. The Bertz CT molecular complexity index is 1140. The number of anilines is 3. The summed E-state index contributed by atoms with van der Waals surface area (Å²) in [5.41, 5.74) is 16.4. The van der Waals surface area contributed by atoms with Crippen molar-refractivity contribution in [1.29, 1.82) is 0 Å². The second-order valence-electron chi connectivity index (χ2n) is 7.63. The zero-order valence-electron chi connectivity index (χ0n) is 15.7. The molecule has 0 amide bonds. The first-order valence-corrected chi connectivity index (χ1v) is 9.84. The molecular formula is C22H24N6. The molecule has 1 fully saturated rings. The van der Waals surface area contributed by atoms with Crippen molar-refractivity contribution in [2.75, 3.05) is 11.1 Å². The minimum atomic E-state index is 0.287. The number of hydrogen-bond acceptors (Lipinski definition) is 5. The maximum absolute atomic E-state index is 6.45. The summed E-state index contributed by atoms with van der Waals surface area (Å²) in [6.07, 6.45) is 7.66. The number of imidazole rings is 1. The molecule has 1 aliphatic rings. The zero-order valence-corrected chi connectivity index (χ0v) is 15.7. The summed E-state index contributed by atoms with van der Waals surface area (Å²) in [4.78, 5) is 4.56. The summed E-state index contributed by atoms with van der Waals surface area (Å²) in [6.45, 7) is 0. The number of benzene rings is 2. The van der Waals surface area contributed by atoms with Crippen molar-refractivity contribution in [3.05, 3.63) is 60.4 Å². The van der Waals surface area contributed by atoms with Gasteiger partial charge in [0.15, 0.2) is 5.65 Å². The van der Waals surface area contributed by atoms with Crippen molar-refractivity contribution >= 4 is 33.6 Å². The van der Waals surface area contributed by atoms with E-state index in [0.717, 1.165) is 48.3 Å². The van der Waals surface area contributed by atoms with Crippen LogP contribution in [0.4, 0.5) is 17.2 Å². The Morgan fingerprint density at radius 1 is 1.00 bits per heavy atom. The number of nitrogens with one attached hydrogen (secondary N) is 1. The van der Waals surface area contributed by atoms with E-state index >= 15 is 0 Å². The molecule has 2 aromatic carbocycles. The molecule has 0 saturated heterocycles. The van der Waals surface area contributed by atoms with Crippen LogP contribution in [0.25, 0.3) is 16.4 Å². The van der Waals surface area contributed by atoms with Gasteiger partial charge in [0.1, 0.15) is 5.82 Å². The molecule has 5 N–H and O–H groups in total. The van der Waals surface area contributed by atoms with E-state index in [2.05, 4.69) is 57.9 Å². The molecule has 2 heterocycles. The van der Waals surface area contributed by atoms with Crippen molar-refractivity contribution in [3.63, 3.8) is 0 Å². The summed E-state index contributed by atoms with van der Waals surface area (Å²) in [5, 5.41) is 10.6. The first kappa shape index (κ1) is 17.0. The number of fused-ring (bicyclic) bond motifs is 2. The van der Waals surface area contributed by atoms with Gasteiger partial charge in [0, 0.05) is 35.1 Å². The van der Waals surface area contributed by atoms with E-state index in [-0.39, 0.29) is 6.04 Å². The molecule has 6 nitrogen and oxygen atoms in total. The summed E-state index contributed by atoms with van der Waals surface area (Å²) in [6, 6.07) is 14.9. The number of nitrogens with two attached hydrogens (primary N) is 2. The van der Waals surface area contributed by atoms with E-state index in [1.165, 1.54) is 10.8 Å². The lowest BCUT2D eigenvalue weighted by atomic mass is 9.81. The van der Waals surface area contributed by atoms with Crippen molar-refractivity contribution in [3.8, 4) is 0 Å². The molecular weight excluding hydrogens is 348 g/mol. The largest absolute Gasteiger partial charge is 0.382 e. The van der Waals surface area contributed by atoms with Crippen LogP contribution < -0.4 is 16.8 Å². The number of rotatable bonds is 3. The predicted molar refractivity (Wildman–Crippen MR) is 114 cm³/mol. The Hall–Kier alpha value is -3.12. The van der Waals surface area contributed by atoms with Crippen LogP contribution in [-0.4, -0.2) is 20.6 Å². The minimum Gasteiger partial charge on any atom is -0.382 e. The highest BCUT2D eigenvalue weighted by Gasteiger charge is 2.27. The molecule has 1 aliphatic carbocycles. The highest BCUT2D eigenvalue weighted by molar-refractivity contribution is 5.97. The van der Waals surface area contributed by atoms with E-state index in [0.29, 0.717) is 11.7 Å². The molecule has 0 aliphatic heterocycles. The first-order chi connectivity index (χ1) is 13.7. The Morgan fingerprint density at radius 2 is 1.79 bits per heavy atom. The minimum absolute atomic E-state index is 0.287. The second-order valence-corrected chi connectivity index (χ2v) is 7.63. The van der Waals surface area contributed by atoms with Gasteiger partial charge in [-0.1, -0.05) is 36.4 Å². The Morgan fingerprint density at radius 3 is 2.64 bits per heavy atom. The molecule has 28 heavy (non-hydrogen) atoms. The smallest absolute Gasteiger partial charge is 0.177 e. The van der Waals surface area contributed by atoms with Crippen LogP contribution in [-0.2, 0) is 0 Å². The van der Waals surface area contributed by atoms with Crippen LogP contribution in [0.5, 0.6) is 0 Å². The number of nitrogen functional groups attached to an aromatic ring is 1. The van der Waals surface area contributed by atoms with Gasteiger partial charge in [-0.2, -0.15) is 0 Å². The number of nitrogens with zero attached hydrogens (tertiary/aromatic N) is 3. The third kappa shape index (κ3) is 2.86. The molecule has 142 valence electrons. The fraction of sp³-hybridized carbons (Fsp3) is 0.273. The van der Waals surface area contributed by atoms with Gasteiger partial charge in [-0.25, -0.2) is 9.50 Å². The highest BCUT2D eigenvalue weighted by Crippen LogP contribution is 2.41. The van der Waals surface area contributed by atoms with E-state index in [9.17, 15) is 0 Å². The van der Waals surface area contributed by atoms with Gasteiger partial charge in [-0.15, -0.1) is 5.10 Å². The van der Waals surface area contributed by atoms with Crippen LogP contribution in [0.2, 0.25) is 0 Å². The molecule has 0 radical (unpaired) electrons. The monoisotopic (exact) mass is 372 g/mol. The molecule has 6 heteroatoms. The fourth-order valence-electron chi connectivity index (χ4n) is 4.39. The zero-order chi connectivity index (χ0) is 19.1. The molecule has 4 aromatic rings. The molecule has 1 saturated carbocycles. The summed E-state index contributed by atoms with van der Waals surface area (Å²) in [5.74, 6) is 0.903. The lowest BCUT2D eigenvalue weighted by Crippen LogP contribution is -2.26. The van der Waals surface area contributed by atoms with E-state index in [1.807, 2.05) is 6.20 Å². The number of hydrogen-bond donors (Lipinski definition) is 3. The van der Waals surface area contributed by atoms with Crippen LogP contribution in [0, 0.1) is 0 Å². The van der Waals surface area contributed by atoms with E-state index in [1.54, 1.807) is 10.7 Å². The highest BCUT2D eigenvalue weighted by atomic mass is 15.3. The van der Waals surface area contributed by atoms with Gasteiger partial charge < -0.3 is 16.8 Å². The lowest BCUT2D eigenvalue weighted by molar-refractivity contribution is 0.396. The topological polar surface area (TPSA) is 94.3 Å². The third-order valence-corrected chi connectivity index (χ3v) is 5.84. The van der Waals surface area contributed by atoms with Crippen molar-refractivity contribution < 1.29 is 0 Å². The molecule has 0 atom stereocenters. The Labute approximate surface area is 163 Å². The second kappa shape index (κ2) is 6.80. The van der Waals surface area contributed by atoms with Crippen molar-refractivity contribution in [1.82, 2.24) is 14.6 Å². The average Bonchev–Trinajstić information content (AvgIpc) is 3.18. The van der Waals surface area contributed by atoms with Crippen LogP contribution >= 0.6 is 0 Å². The molecule has 5 rings (SSSR count). The third-order valence-electron chi connectivity index (χ3n) is 5.84. The molecule has 0 unspecified atom stereocenters. The number of aromatic nitrogens is 3. The maximum atomic E-state index is 6.45.